The van der Waals surface area contributed by atoms with E-state index >= 15 is 0 Å². The minimum absolute atomic E-state index is 0.0682. The van der Waals surface area contributed by atoms with Crippen molar-refractivity contribution >= 4 is 11.6 Å². The van der Waals surface area contributed by atoms with Crippen LogP contribution in [0.4, 0.5) is 5.69 Å². The van der Waals surface area contributed by atoms with Crippen LogP contribution in [0.1, 0.15) is 30.4 Å². The molecule has 2 aromatic rings. The van der Waals surface area contributed by atoms with Gasteiger partial charge in [0, 0.05) is 18.8 Å². The van der Waals surface area contributed by atoms with Crippen molar-refractivity contribution in [1.29, 1.82) is 0 Å². The smallest absolute Gasteiger partial charge is 0.241 e. The van der Waals surface area contributed by atoms with Gasteiger partial charge in [0.05, 0.1) is 6.04 Å². The van der Waals surface area contributed by atoms with E-state index in [-0.39, 0.29) is 18.6 Å². The van der Waals surface area contributed by atoms with E-state index in [9.17, 15) is 4.79 Å². The zero-order valence-corrected chi connectivity index (χ0v) is 14.5. The van der Waals surface area contributed by atoms with Crippen molar-refractivity contribution < 1.29 is 9.90 Å². The number of nitrogens with zero attached hydrogens (tertiary/aromatic N) is 1. The van der Waals surface area contributed by atoms with Gasteiger partial charge in [-0.25, -0.2) is 0 Å². The Balaban J connectivity index is 1.62. The minimum atomic E-state index is -0.0682. The van der Waals surface area contributed by atoms with Crippen LogP contribution in [0.3, 0.4) is 0 Å². The molecule has 0 aromatic heterocycles. The van der Waals surface area contributed by atoms with Crippen LogP contribution in [0.15, 0.2) is 54.6 Å². The molecule has 4 nitrogen and oxygen atoms in total. The van der Waals surface area contributed by atoms with E-state index in [0.717, 1.165) is 50.0 Å². The normalized spacial score (nSPS) is 17.6. The molecule has 1 fully saturated rings. The molecule has 4 heteroatoms. The lowest BCUT2D eigenvalue weighted by atomic mass is 10.1. The van der Waals surface area contributed by atoms with Gasteiger partial charge in [0.1, 0.15) is 0 Å². The lowest BCUT2D eigenvalue weighted by Gasteiger charge is -2.23. The van der Waals surface area contributed by atoms with E-state index in [2.05, 4.69) is 22.3 Å². The van der Waals surface area contributed by atoms with Crippen LogP contribution < -0.4 is 5.32 Å². The Bertz CT molecular complexity index is 687. The number of hydrogen-bond acceptors (Lipinski definition) is 3. The van der Waals surface area contributed by atoms with Gasteiger partial charge in [-0.15, -0.1) is 0 Å². The van der Waals surface area contributed by atoms with Crippen molar-refractivity contribution in [3.63, 3.8) is 0 Å². The first kappa shape index (κ1) is 17.6. The number of hydrogen-bond donors (Lipinski definition) is 2. The number of aryl methyl sites for hydroxylation is 1. The quantitative estimate of drug-likeness (QED) is 0.815. The maximum absolute atomic E-state index is 12.7. The highest BCUT2D eigenvalue weighted by Crippen LogP contribution is 2.22. The summed E-state index contributed by atoms with van der Waals surface area (Å²) in [7, 11) is 0. The zero-order chi connectivity index (χ0) is 17.5. The highest BCUT2D eigenvalue weighted by atomic mass is 16.2. The van der Waals surface area contributed by atoms with Crippen LogP contribution in [-0.4, -0.2) is 35.1 Å². The van der Waals surface area contributed by atoms with Crippen LogP contribution in [0.25, 0.3) is 0 Å². The van der Waals surface area contributed by atoms with Gasteiger partial charge in [0.15, 0.2) is 0 Å². The number of amides is 1. The second kappa shape index (κ2) is 8.79. The molecule has 0 aliphatic carbocycles. The number of likely N-dealkylation sites (tertiary alicyclic amines) is 1. The maximum atomic E-state index is 12.7. The van der Waals surface area contributed by atoms with Crippen molar-refractivity contribution in [2.75, 3.05) is 18.5 Å². The zero-order valence-electron chi connectivity index (χ0n) is 14.5. The molecular weight excluding hydrogens is 312 g/mol. The summed E-state index contributed by atoms with van der Waals surface area (Å²) in [5.74, 6) is 0.0766. The highest BCUT2D eigenvalue weighted by molar-refractivity contribution is 5.95. The van der Waals surface area contributed by atoms with Crippen molar-refractivity contribution in [2.24, 2.45) is 0 Å². The van der Waals surface area contributed by atoms with Gasteiger partial charge < -0.3 is 10.4 Å². The van der Waals surface area contributed by atoms with Gasteiger partial charge in [0.25, 0.3) is 0 Å². The summed E-state index contributed by atoms with van der Waals surface area (Å²) in [6.45, 7) is 1.96. The third kappa shape index (κ3) is 4.91. The Morgan fingerprint density at radius 3 is 2.72 bits per heavy atom. The molecule has 0 saturated carbocycles. The summed E-state index contributed by atoms with van der Waals surface area (Å²) in [6, 6.07) is 18.2. The van der Waals surface area contributed by atoms with E-state index in [1.807, 2.05) is 42.5 Å². The van der Waals surface area contributed by atoms with Gasteiger partial charge >= 0.3 is 0 Å². The third-order valence-corrected chi connectivity index (χ3v) is 4.71. The largest absolute Gasteiger partial charge is 0.396 e. The topological polar surface area (TPSA) is 52.6 Å². The first-order valence-corrected chi connectivity index (χ1v) is 9.05. The molecule has 1 heterocycles. The second-order valence-corrected chi connectivity index (χ2v) is 6.63. The van der Waals surface area contributed by atoms with Gasteiger partial charge in [-0.05, 0) is 55.5 Å². The van der Waals surface area contributed by atoms with Crippen molar-refractivity contribution in [1.82, 2.24) is 4.90 Å². The maximum Gasteiger partial charge on any atom is 0.241 e. The predicted molar refractivity (Wildman–Crippen MR) is 100 cm³/mol. The molecule has 1 atom stereocenters. The number of benzene rings is 2. The average molecular weight is 338 g/mol. The Kier molecular flexibility index (Phi) is 6.20. The summed E-state index contributed by atoms with van der Waals surface area (Å²) in [4.78, 5) is 15.0. The molecule has 2 N–H and O–H groups in total. The standard InChI is InChI=1S/C21H26N2O2/c24-14-6-10-17-9-4-11-19(15-17)22-21(25)20-12-5-13-23(20)16-18-7-2-1-3-8-18/h1-4,7-9,11,15,20,24H,5-6,10,12-14,16H2,(H,22,25). The molecule has 0 spiro atoms. The Morgan fingerprint density at radius 2 is 1.92 bits per heavy atom. The van der Waals surface area contributed by atoms with Crippen LogP contribution in [0.5, 0.6) is 0 Å². The van der Waals surface area contributed by atoms with Crippen LogP contribution in [-0.2, 0) is 17.8 Å². The SMILES string of the molecule is O=C(Nc1cccc(CCCO)c1)C1CCCN1Cc1ccccc1. The predicted octanol–water partition coefficient (Wildman–Crippen LogP) is 3.21. The molecule has 132 valence electrons. The molecule has 2 aromatic carbocycles. The number of aliphatic hydroxyl groups is 1. The molecule has 1 aliphatic heterocycles. The first-order valence-electron chi connectivity index (χ1n) is 9.05. The van der Waals surface area contributed by atoms with Crippen LogP contribution in [0.2, 0.25) is 0 Å². The Hall–Kier alpha value is -2.17. The minimum Gasteiger partial charge on any atom is -0.396 e. The number of carbonyl (C=O) groups is 1. The van der Waals surface area contributed by atoms with Crippen LogP contribution in [0, 0.1) is 0 Å². The van der Waals surface area contributed by atoms with Crippen molar-refractivity contribution in [3.05, 3.63) is 65.7 Å². The van der Waals surface area contributed by atoms with E-state index in [0.29, 0.717) is 0 Å². The van der Waals surface area contributed by atoms with Crippen LogP contribution >= 0.6 is 0 Å². The van der Waals surface area contributed by atoms with Crippen molar-refractivity contribution in [2.45, 2.75) is 38.3 Å². The third-order valence-electron chi connectivity index (χ3n) is 4.71. The Morgan fingerprint density at radius 1 is 1.12 bits per heavy atom. The van der Waals surface area contributed by atoms with Gasteiger partial charge in [-0.2, -0.15) is 0 Å². The molecular formula is C21H26N2O2. The Labute approximate surface area is 149 Å². The summed E-state index contributed by atoms with van der Waals surface area (Å²) in [5, 5.41) is 12.0. The summed E-state index contributed by atoms with van der Waals surface area (Å²) in [6.07, 6.45) is 3.53. The fourth-order valence-electron chi connectivity index (χ4n) is 3.44. The monoisotopic (exact) mass is 338 g/mol. The fourth-order valence-corrected chi connectivity index (χ4v) is 3.44. The lowest BCUT2D eigenvalue weighted by molar-refractivity contribution is -0.120. The molecule has 0 radical (unpaired) electrons. The number of carbonyl (C=O) groups excluding carboxylic acids is 1. The number of nitrogens with one attached hydrogen (secondary N) is 1. The number of rotatable bonds is 7. The fraction of sp³-hybridized carbons (Fsp3) is 0.381. The van der Waals surface area contributed by atoms with Gasteiger partial charge in [-0.3, -0.25) is 9.69 Å². The van der Waals surface area contributed by atoms with Gasteiger partial charge in [-0.1, -0.05) is 42.5 Å². The summed E-state index contributed by atoms with van der Waals surface area (Å²) < 4.78 is 0. The molecule has 3 rings (SSSR count). The summed E-state index contributed by atoms with van der Waals surface area (Å²) in [5.41, 5.74) is 3.22. The molecule has 1 unspecified atom stereocenters. The first-order chi connectivity index (χ1) is 12.3. The van der Waals surface area contributed by atoms with E-state index < -0.39 is 0 Å². The molecule has 25 heavy (non-hydrogen) atoms. The molecule has 1 aliphatic rings. The molecule has 0 bridgehead atoms. The lowest BCUT2D eigenvalue weighted by Crippen LogP contribution is -2.39. The molecule has 1 saturated heterocycles. The van der Waals surface area contributed by atoms with Crippen molar-refractivity contribution in [3.8, 4) is 0 Å². The second-order valence-electron chi connectivity index (χ2n) is 6.63. The number of anilines is 1. The van der Waals surface area contributed by atoms with Gasteiger partial charge in [0.2, 0.25) is 5.91 Å². The van der Waals surface area contributed by atoms with E-state index in [1.165, 1.54) is 5.56 Å². The van der Waals surface area contributed by atoms with E-state index in [1.54, 1.807) is 0 Å². The number of aliphatic hydroxyl groups excluding tert-OH is 1. The average Bonchev–Trinajstić information content (AvgIpc) is 3.09. The summed E-state index contributed by atoms with van der Waals surface area (Å²) >= 11 is 0. The molecule has 1 amide bonds. The highest BCUT2D eigenvalue weighted by Gasteiger charge is 2.30. The van der Waals surface area contributed by atoms with E-state index in [4.69, 9.17) is 5.11 Å².